The Morgan fingerprint density at radius 2 is 2.18 bits per heavy atom. The van der Waals surface area contributed by atoms with E-state index in [1.807, 2.05) is 6.92 Å². The lowest BCUT2D eigenvalue weighted by atomic mass is 10.2. The molecule has 0 unspecified atom stereocenters. The summed E-state index contributed by atoms with van der Waals surface area (Å²) in [6.45, 7) is -0.157. The van der Waals surface area contributed by atoms with Crippen molar-refractivity contribution < 1.29 is 18.3 Å². The first-order valence-corrected chi connectivity index (χ1v) is 7.34. The lowest BCUT2D eigenvalue weighted by molar-refractivity contribution is -0.0501. The first-order valence-electron chi connectivity index (χ1n) is 6.55. The van der Waals surface area contributed by atoms with Crippen molar-refractivity contribution in [2.75, 3.05) is 0 Å². The zero-order valence-corrected chi connectivity index (χ0v) is 13.3. The highest BCUT2D eigenvalue weighted by Crippen LogP contribution is 2.20. The smallest absolute Gasteiger partial charge is 0.387 e. The number of benzene rings is 1. The minimum atomic E-state index is -2.98. The Bertz CT molecular complexity index is 661. The van der Waals surface area contributed by atoms with E-state index >= 15 is 0 Å². The Balaban J connectivity index is 2.07. The lowest BCUT2D eigenvalue weighted by Crippen LogP contribution is -2.24. The molecule has 0 atom stereocenters. The summed E-state index contributed by atoms with van der Waals surface area (Å²) in [7, 11) is 0. The number of ether oxygens (including phenoxy) is 1. The summed E-state index contributed by atoms with van der Waals surface area (Å²) >= 11 is 3.35. The molecule has 0 aliphatic heterocycles. The van der Waals surface area contributed by atoms with E-state index in [4.69, 9.17) is 0 Å². The minimum Gasteiger partial charge on any atom is -0.434 e. The van der Waals surface area contributed by atoms with E-state index < -0.39 is 12.5 Å². The number of carbonyl (C=O) groups is 1. The molecule has 8 heteroatoms. The average molecular weight is 374 g/mol. The monoisotopic (exact) mass is 373 g/mol. The van der Waals surface area contributed by atoms with Crippen LogP contribution in [0, 0.1) is 0 Å². The summed E-state index contributed by atoms with van der Waals surface area (Å²) < 4.78 is 31.5. The average Bonchev–Trinajstić information content (AvgIpc) is 2.85. The van der Waals surface area contributed by atoms with Gasteiger partial charge in [0.1, 0.15) is 5.75 Å². The molecule has 0 radical (unpaired) electrons. The Labute approximate surface area is 134 Å². The van der Waals surface area contributed by atoms with E-state index in [9.17, 15) is 13.6 Å². The van der Waals surface area contributed by atoms with Crippen LogP contribution in [0.2, 0.25) is 0 Å². The van der Waals surface area contributed by atoms with E-state index in [0.29, 0.717) is 12.2 Å². The van der Waals surface area contributed by atoms with Crippen molar-refractivity contribution >= 4 is 21.8 Å². The first kappa shape index (κ1) is 16.4. The largest absolute Gasteiger partial charge is 0.434 e. The van der Waals surface area contributed by atoms with Crippen LogP contribution in [0.25, 0.3) is 0 Å². The van der Waals surface area contributed by atoms with Crippen molar-refractivity contribution in [3.63, 3.8) is 0 Å². The van der Waals surface area contributed by atoms with Gasteiger partial charge in [0, 0.05) is 12.7 Å². The zero-order valence-electron chi connectivity index (χ0n) is 11.7. The van der Waals surface area contributed by atoms with Crippen LogP contribution in [0.4, 0.5) is 8.78 Å². The molecule has 1 heterocycles. The number of amides is 1. The predicted molar refractivity (Wildman–Crippen MR) is 79.8 cm³/mol. The number of hydrogen-bond acceptors (Lipinski definition) is 3. The summed E-state index contributed by atoms with van der Waals surface area (Å²) in [5, 5.41) is 6.91. The summed E-state index contributed by atoms with van der Waals surface area (Å²) in [5.41, 5.74) is 0.705. The highest BCUT2D eigenvalue weighted by Gasteiger charge is 2.16. The number of halogens is 3. The first-order chi connectivity index (χ1) is 10.5. The number of para-hydroxylation sites is 1. The van der Waals surface area contributed by atoms with Crippen LogP contribution in [0.5, 0.6) is 5.75 Å². The summed E-state index contributed by atoms with van der Waals surface area (Å²) in [6, 6.07) is 5.85. The van der Waals surface area contributed by atoms with Gasteiger partial charge in [-0.25, -0.2) is 0 Å². The maximum Gasteiger partial charge on any atom is 0.387 e. The van der Waals surface area contributed by atoms with Gasteiger partial charge in [0.25, 0.3) is 5.91 Å². The molecule has 0 saturated carbocycles. The van der Waals surface area contributed by atoms with Gasteiger partial charge in [-0.2, -0.15) is 13.9 Å². The molecule has 118 valence electrons. The van der Waals surface area contributed by atoms with Gasteiger partial charge in [-0.3, -0.25) is 9.48 Å². The number of carbonyl (C=O) groups excluding carboxylic acids is 1. The zero-order chi connectivity index (χ0) is 16.1. The topological polar surface area (TPSA) is 56.2 Å². The molecule has 0 saturated heterocycles. The van der Waals surface area contributed by atoms with Crippen LogP contribution < -0.4 is 10.1 Å². The van der Waals surface area contributed by atoms with E-state index in [1.165, 1.54) is 18.2 Å². The second-order valence-electron chi connectivity index (χ2n) is 4.34. The van der Waals surface area contributed by atoms with Gasteiger partial charge in [0.05, 0.1) is 22.3 Å². The third kappa shape index (κ3) is 4.03. The molecular weight excluding hydrogens is 360 g/mol. The number of aryl methyl sites for hydroxylation is 1. The van der Waals surface area contributed by atoms with Gasteiger partial charge >= 0.3 is 6.61 Å². The number of alkyl halides is 2. The molecule has 2 rings (SSSR count). The number of hydrogen-bond donors (Lipinski definition) is 1. The molecule has 1 aromatic heterocycles. The van der Waals surface area contributed by atoms with Crippen molar-refractivity contribution in [3.8, 4) is 5.75 Å². The Morgan fingerprint density at radius 3 is 2.82 bits per heavy atom. The fourth-order valence-corrected chi connectivity index (χ4v) is 2.29. The van der Waals surface area contributed by atoms with Crippen molar-refractivity contribution in [1.29, 1.82) is 0 Å². The van der Waals surface area contributed by atoms with Crippen LogP contribution in [-0.4, -0.2) is 22.3 Å². The van der Waals surface area contributed by atoms with Crippen LogP contribution >= 0.6 is 15.9 Å². The molecule has 1 N–H and O–H groups in total. The molecule has 5 nitrogen and oxygen atoms in total. The fraction of sp³-hybridized carbons (Fsp3) is 0.286. The summed E-state index contributed by atoms with van der Waals surface area (Å²) in [6.07, 6.45) is 1.80. The van der Waals surface area contributed by atoms with Crippen LogP contribution in [-0.2, 0) is 13.1 Å². The van der Waals surface area contributed by atoms with Crippen molar-refractivity contribution in [1.82, 2.24) is 15.1 Å². The third-order valence-corrected chi connectivity index (χ3v) is 3.54. The van der Waals surface area contributed by atoms with Crippen molar-refractivity contribution in [2.24, 2.45) is 0 Å². The Kier molecular flexibility index (Phi) is 5.48. The highest BCUT2D eigenvalue weighted by molar-refractivity contribution is 9.10. The normalized spacial score (nSPS) is 10.8. The van der Waals surface area contributed by atoms with Gasteiger partial charge in [0.2, 0.25) is 0 Å². The molecule has 22 heavy (non-hydrogen) atoms. The van der Waals surface area contributed by atoms with E-state index in [-0.39, 0.29) is 17.9 Å². The minimum absolute atomic E-state index is 0.0499. The van der Waals surface area contributed by atoms with Crippen molar-refractivity contribution in [2.45, 2.75) is 26.6 Å². The van der Waals surface area contributed by atoms with E-state index in [1.54, 1.807) is 16.9 Å². The third-order valence-electron chi connectivity index (χ3n) is 2.88. The second kappa shape index (κ2) is 7.35. The molecule has 1 aromatic carbocycles. The number of aromatic nitrogens is 2. The van der Waals surface area contributed by atoms with Crippen LogP contribution in [0.3, 0.4) is 0 Å². The van der Waals surface area contributed by atoms with Gasteiger partial charge in [-0.1, -0.05) is 12.1 Å². The van der Waals surface area contributed by atoms with E-state index in [0.717, 1.165) is 4.47 Å². The fourth-order valence-electron chi connectivity index (χ4n) is 1.83. The number of nitrogens with zero attached hydrogens (tertiary/aromatic N) is 2. The van der Waals surface area contributed by atoms with Crippen molar-refractivity contribution in [3.05, 3.63) is 46.2 Å². The molecule has 0 fully saturated rings. The van der Waals surface area contributed by atoms with Gasteiger partial charge in [-0.05, 0) is 35.0 Å². The second-order valence-corrected chi connectivity index (χ2v) is 5.19. The van der Waals surface area contributed by atoms with Gasteiger partial charge < -0.3 is 10.1 Å². The predicted octanol–water partition coefficient (Wildman–Crippen LogP) is 3.20. The number of nitrogens with one attached hydrogen (secondary N) is 1. The molecule has 1 amide bonds. The molecule has 2 aromatic rings. The van der Waals surface area contributed by atoms with Gasteiger partial charge in [-0.15, -0.1) is 0 Å². The molecule has 0 bridgehead atoms. The molecular formula is C14H14BrF2N3O2. The lowest BCUT2D eigenvalue weighted by Gasteiger charge is -2.10. The molecule has 0 spiro atoms. The maximum atomic E-state index is 12.3. The standard InChI is InChI=1S/C14H14BrF2N3O2/c1-2-20-8-10(15)11(19-20)7-18-13(21)9-5-3-4-6-12(9)22-14(16)17/h3-6,8,14H,2,7H2,1H3,(H,18,21). The molecule has 0 aliphatic rings. The maximum absolute atomic E-state index is 12.3. The summed E-state index contributed by atoms with van der Waals surface area (Å²) in [5.74, 6) is -0.664. The Hall–Kier alpha value is -1.96. The SMILES string of the molecule is CCn1cc(Br)c(CNC(=O)c2ccccc2OC(F)F)n1. The van der Waals surface area contributed by atoms with Crippen LogP contribution in [0.15, 0.2) is 34.9 Å². The Morgan fingerprint density at radius 1 is 1.45 bits per heavy atom. The summed E-state index contributed by atoms with van der Waals surface area (Å²) in [4.78, 5) is 12.1. The highest BCUT2D eigenvalue weighted by atomic mass is 79.9. The van der Waals surface area contributed by atoms with Crippen LogP contribution in [0.1, 0.15) is 23.0 Å². The number of rotatable bonds is 6. The van der Waals surface area contributed by atoms with Gasteiger partial charge in [0.15, 0.2) is 0 Å². The quantitative estimate of drug-likeness (QED) is 0.845. The molecule has 0 aliphatic carbocycles. The van der Waals surface area contributed by atoms with E-state index in [2.05, 4.69) is 31.1 Å².